The number of carbonyl (C=O) groups is 1. The molecule has 0 atom stereocenters. The SMILES string of the molecule is CCOC(=O)c1cnn2c(Cl)c(CCCl)c(C3CC3)nc12. The van der Waals surface area contributed by atoms with Gasteiger partial charge in [0.2, 0.25) is 0 Å². The van der Waals surface area contributed by atoms with Gasteiger partial charge < -0.3 is 4.74 Å². The molecule has 0 spiro atoms. The van der Waals surface area contributed by atoms with Crippen molar-refractivity contribution in [1.29, 1.82) is 0 Å². The molecule has 1 aliphatic rings. The number of carbonyl (C=O) groups excluding carboxylic acids is 1. The first-order chi connectivity index (χ1) is 10.2. The lowest BCUT2D eigenvalue weighted by Crippen LogP contribution is -2.09. The van der Waals surface area contributed by atoms with Crippen LogP contribution < -0.4 is 0 Å². The highest BCUT2D eigenvalue weighted by Gasteiger charge is 2.31. The van der Waals surface area contributed by atoms with Crippen LogP contribution in [0, 0.1) is 0 Å². The molecule has 0 amide bonds. The van der Waals surface area contributed by atoms with Crippen LogP contribution >= 0.6 is 23.2 Å². The van der Waals surface area contributed by atoms with Crippen LogP contribution in [0.25, 0.3) is 5.65 Å². The van der Waals surface area contributed by atoms with E-state index in [9.17, 15) is 4.79 Å². The monoisotopic (exact) mass is 327 g/mol. The molecule has 2 aromatic rings. The number of ether oxygens (including phenoxy) is 1. The molecule has 1 aliphatic carbocycles. The van der Waals surface area contributed by atoms with Gasteiger partial charge in [0.15, 0.2) is 5.65 Å². The summed E-state index contributed by atoms with van der Waals surface area (Å²) in [7, 11) is 0. The van der Waals surface area contributed by atoms with Gasteiger partial charge in [0.05, 0.1) is 18.5 Å². The van der Waals surface area contributed by atoms with Crippen LogP contribution in [0.3, 0.4) is 0 Å². The van der Waals surface area contributed by atoms with Gasteiger partial charge in [-0.15, -0.1) is 11.6 Å². The van der Waals surface area contributed by atoms with Crippen molar-refractivity contribution in [2.24, 2.45) is 0 Å². The molecule has 3 rings (SSSR count). The van der Waals surface area contributed by atoms with Gasteiger partial charge in [-0.1, -0.05) is 11.6 Å². The zero-order valence-corrected chi connectivity index (χ0v) is 13.1. The lowest BCUT2D eigenvalue weighted by Gasteiger charge is -2.11. The van der Waals surface area contributed by atoms with Crippen molar-refractivity contribution in [3.05, 3.63) is 28.2 Å². The van der Waals surface area contributed by atoms with E-state index < -0.39 is 5.97 Å². The Morgan fingerprint density at radius 1 is 1.52 bits per heavy atom. The van der Waals surface area contributed by atoms with Gasteiger partial charge in [0.1, 0.15) is 10.7 Å². The average Bonchev–Trinajstić information content (AvgIpc) is 3.21. The summed E-state index contributed by atoms with van der Waals surface area (Å²) in [5, 5.41) is 4.65. The molecule has 5 nitrogen and oxygen atoms in total. The van der Waals surface area contributed by atoms with Crippen molar-refractivity contribution < 1.29 is 9.53 Å². The summed E-state index contributed by atoms with van der Waals surface area (Å²) in [6, 6.07) is 0. The standard InChI is InChI=1S/C14H15Cl2N3O2/c1-2-21-14(20)10-7-17-19-12(16)9(5-6-15)11(8-3-4-8)18-13(10)19/h7-8H,2-6H2,1H3. The van der Waals surface area contributed by atoms with Gasteiger partial charge in [-0.2, -0.15) is 5.10 Å². The van der Waals surface area contributed by atoms with Crippen molar-refractivity contribution in [1.82, 2.24) is 14.6 Å². The number of nitrogens with zero attached hydrogens (tertiary/aromatic N) is 3. The number of aromatic nitrogens is 3. The molecule has 2 aromatic heterocycles. The smallest absolute Gasteiger partial charge is 0.343 e. The predicted octanol–water partition coefficient (Wildman–Crippen LogP) is 3.22. The number of fused-ring (bicyclic) bond motifs is 1. The van der Waals surface area contributed by atoms with Gasteiger partial charge in [-0.3, -0.25) is 0 Å². The lowest BCUT2D eigenvalue weighted by molar-refractivity contribution is 0.0528. The second kappa shape index (κ2) is 5.81. The molecule has 0 saturated heterocycles. The van der Waals surface area contributed by atoms with Crippen LogP contribution in [0.15, 0.2) is 6.20 Å². The maximum atomic E-state index is 12.0. The van der Waals surface area contributed by atoms with E-state index in [4.69, 9.17) is 27.9 Å². The number of hydrogen-bond donors (Lipinski definition) is 0. The summed E-state index contributed by atoms with van der Waals surface area (Å²) in [5.41, 5.74) is 2.68. The Bertz CT molecular complexity index is 695. The first kappa shape index (κ1) is 14.6. The third kappa shape index (κ3) is 2.60. The molecule has 0 aliphatic heterocycles. The molecule has 0 radical (unpaired) electrons. The predicted molar refractivity (Wildman–Crippen MR) is 80.4 cm³/mol. The van der Waals surface area contributed by atoms with Crippen molar-refractivity contribution in [2.45, 2.75) is 32.1 Å². The van der Waals surface area contributed by atoms with Crippen molar-refractivity contribution in [2.75, 3.05) is 12.5 Å². The summed E-state index contributed by atoms with van der Waals surface area (Å²) < 4.78 is 6.52. The van der Waals surface area contributed by atoms with Crippen LogP contribution in [0.1, 0.15) is 47.3 Å². The average molecular weight is 328 g/mol. The number of hydrogen-bond acceptors (Lipinski definition) is 4. The molecule has 1 fully saturated rings. The third-order valence-electron chi connectivity index (χ3n) is 3.52. The molecule has 1 saturated carbocycles. The van der Waals surface area contributed by atoms with Crippen LogP contribution in [-0.4, -0.2) is 33.1 Å². The topological polar surface area (TPSA) is 56.5 Å². The second-order valence-electron chi connectivity index (χ2n) is 4.99. The summed E-state index contributed by atoms with van der Waals surface area (Å²) in [6.45, 7) is 2.07. The van der Waals surface area contributed by atoms with E-state index in [0.717, 1.165) is 24.1 Å². The van der Waals surface area contributed by atoms with E-state index in [1.807, 2.05) is 0 Å². The molecular weight excluding hydrogens is 313 g/mol. The van der Waals surface area contributed by atoms with E-state index in [1.54, 1.807) is 6.92 Å². The molecule has 0 aromatic carbocycles. The molecule has 112 valence electrons. The maximum Gasteiger partial charge on any atom is 0.343 e. The van der Waals surface area contributed by atoms with E-state index >= 15 is 0 Å². The number of esters is 1. The van der Waals surface area contributed by atoms with E-state index in [-0.39, 0.29) is 0 Å². The Balaban J connectivity index is 2.16. The van der Waals surface area contributed by atoms with Crippen LogP contribution in [-0.2, 0) is 11.2 Å². The minimum absolute atomic E-state index is 0.309. The Morgan fingerprint density at radius 2 is 2.29 bits per heavy atom. The number of alkyl halides is 1. The highest BCUT2D eigenvalue weighted by Crippen LogP contribution is 2.42. The number of halogens is 2. The molecule has 7 heteroatoms. The molecule has 0 bridgehead atoms. The van der Waals surface area contributed by atoms with Gasteiger partial charge in [-0.05, 0) is 26.2 Å². The van der Waals surface area contributed by atoms with Crippen LogP contribution in [0.2, 0.25) is 5.15 Å². The van der Waals surface area contributed by atoms with Crippen molar-refractivity contribution in [3.8, 4) is 0 Å². The zero-order chi connectivity index (χ0) is 15.0. The summed E-state index contributed by atoms with van der Waals surface area (Å²) in [5.74, 6) is 0.456. The van der Waals surface area contributed by atoms with Gasteiger partial charge in [-0.25, -0.2) is 14.3 Å². The quantitative estimate of drug-likeness (QED) is 0.480. The highest BCUT2D eigenvalue weighted by atomic mass is 35.5. The van der Waals surface area contributed by atoms with E-state index in [0.29, 0.717) is 41.2 Å². The summed E-state index contributed by atoms with van der Waals surface area (Å²) >= 11 is 12.3. The first-order valence-electron chi connectivity index (χ1n) is 6.96. The van der Waals surface area contributed by atoms with Crippen LogP contribution in [0.4, 0.5) is 0 Å². The van der Waals surface area contributed by atoms with Crippen LogP contribution in [0.5, 0.6) is 0 Å². The maximum absolute atomic E-state index is 12.0. The van der Waals surface area contributed by atoms with Gasteiger partial charge in [0.25, 0.3) is 0 Å². The fraction of sp³-hybridized carbons (Fsp3) is 0.500. The summed E-state index contributed by atoms with van der Waals surface area (Å²) in [4.78, 5) is 16.6. The third-order valence-corrected chi connectivity index (χ3v) is 4.10. The van der Waals surface area contributed by atoms with E-state index in [2.05, 4.69) is 10.1 Å². The van der Waals surface area contributed by atoms with E-state index in [1.165, 1.54) is 10.7 Å². The molecular formula is C14H15Cl2N3O2. The Morgan fingerprint density at radius 3 is 2.90 bits per heavy atom. The van der Waals surface area contributed by atoms with Gasteiger partial charge in [0, 0.05) is 17.4 Å². The lowest BCUT2D eigenvalue weighted by atomic mass is 10.1. The Kier molecular flexibility index (Phi) is 4.04. The molecule has 0 unspecified atom stereocenters. The fourth-order valence-corrected chi connectivity index (χ4v) is 2.89. The molecule has 0 N–H and O–H groups in total. The Labute approximate surface area is 132 Å². The molecule has 21 heavy (non-hydrogen) atoms. The fourth-order valence-electron chi connectivity index (χ4n) is 2.38. The van der Waals surface area contributed by atoms with Gasteiger partial charge >= 0.3 is 5.97 Å². The minimum atomic E-state index is -0.428. The summed E-state index contributed by atoms with van der Waals surface area (Å²) in [6.07, 6.45) is 4.28. The largest absolute Gasteiger partial charge is 0.462 e. The first-order valence-corrected chi connectivity index (χ1v) is 7.87. The second-order valence-corrected chi connectivity index (χ2v) is 5.73. The van der Waals surface area contributed by atoms with Crippen molar-refractivity contribution in [3.63, 3.8) is 0 Å². The minimum Gasteiger partial charge on any atom is -0.462 e. The Hall–Kier alpha value is -1.33. The van der Waals surface area contributed by atoms with Crippen molar-refractivity contribution >= 4 is 34.8 Å². The number of rotatable bonds is 5. The molecule has 2 heterocycles. The zero-order valence-electron chi connectivity index (χ0n) is 11.6. The normalized spacial score (nSPS) is 14.6. The highest BCUT2D eigenvalue weighted by molar-refractivity contribution is 6.30.